The van der Waals surface area contributed by atoms with Crippen LogP contribution in [-0.4, -0.2) is 51.4 Å². The number of nitrogens with one attached hydrogen (secondary N) is 2. The van der Waals surface area contributed by atoms with E-state index in [0.717, 1.165) is 5.56 Å². The molecular formula is C16H22N2O6. The van der Waals surface area contributed by atoms with Gasteiger partial charge in [0.15, 0.2) is 6.04 Å². The second kappa shape index (κ2) is 9.64. The molecule has 1 aromatic carbocycles. The third kappa shape index (κ3) is 6.76. The third-order valence-electron chi connectivity index (χ3n) is 3.40. The Kier molecular flexibility index (Phi) is 7.87. The Labute approximate surface area is 139 Å². The molecule has 24 heavy (non-hydrogen) atoms. The first kappa shape index (κ1) is 19.6. The largest absolute Gasteiger partial charge is 0.481 e. The summed E-state index contributed by atoms with van der Waals surface area (Å²) in [4.78, 5) is 34.1. The number of aliphatic hydroxyl groups excluding tert-OH is 1. The number of carboxylic acids is 2. The number of hydrogen-bond acceptors (Lipinski definition) is 5. The second-order valence-corrected chi connectivity index (χ2v) is 5.42. The Balaban J connectivity index is 2.73. The normalized spacial score (nSPS) is 14.4. The molecule has 0 radical (unpaired) electrons. The molecule has 3 atom stereocenters. The molecule has 0 bridgehead atoms. The van der Waals surface area contributed by atoms with Gasteiger partial charge in [-0.25, -0.2) is 4.79 Å². The van der Waals surface area contributed by atoms with E-state index in [4.69, 9.17) is 10.2 Å². The van der Waals surface area contributed by atoms with E-state index in [1.54, 1.807) is 0 Å². The van der Waals surface area contributed by atoms with Crippen molar-refractivity contribution in [2.75, 3.05) is 0 Å². The minimum Gasteiger partial charge on any atom is -0.481 e. The predicted octanol–water partition coefficient (Wildman–Crippen LogP) is -0.0402. The fourth-order valence-electron chi connectivity index (χ4n) is 2.07. The van der Waals surface area contributed by atoms with Crippen LogP contribution in [0.3, 0.4) is 0 Å². The topological polar surface area (TPSA) is 136 Å². The van der Waals surface area contributed by atoms with Gasteiger partial charge in [0, 0.05) is 13.0 Å². The fraction of sp³-hybridized carbons (Fsp3) is 0.438. The highest BCUT2D eigenvalue weighted by Crippen LogP contribution is 2.04. The minimum atomic E-state index is -1.46. The van der Waals surface area contributed by atoms with Crippen molar-refractivity contribution in [3.63, 3.8) is 0 Å². The van der Waals surface area contributed by atoms with Crippen LogP contribution in [0.15, 0.2) is 30.3 Å². The lowest BCUT2D eigenvalue weighted by Gasteiger charge is -2.22. The van der Waals surface area contributed by atoms with Gasteiger partial charge in [-0.3, -0.25) is 9.59 Å². The molecule has 0 fully saturated rings. The van der Waals surface area contributed by atoms with Gasteiger partial charge in [-0.2, -0.15) is 0 Å². The summed E-state index contributed by atoms with van der Waals surface area (Å²) < 4.78 is 0. The number of carbonyl (C=O) groups is 3. The van der Waals surface area contributed by atoms with Crippen molar-refractivity contribution in [3.05, 3.63) is 35.9 Å². The first-order chi connectivity index (χ1) is 11.3. The number of rotatable bonds is 10. The maximum Gasteiger partial charge on any atom is 0.328 e. The molecule has 0 aliphatic heterocycles. The molecule has 5 N–H and O–H groups in total. The van der Waals surface area contributed by atoms with E-state index in [2.05, 4.69) is 10.6 Å². The molecule has 0 unspecified atom stereocenters. The van der Waals surface area contributed by atoms with Crippen LogP contribution >= 0.6 is 0 Å². The van der Waals surface area contributed by atoms with Crippen molar-refractivity contribution in [2.24, 2.45) is 0 Å². The Morgan fingerprint density at radius 1 is 1.12 bits per heavy atom. The summed E-state index contributed by atoms with van der Waals surface area (Å²) >= 11 is 0. The van der Waals surface area contributed by atoms with Gasteiger partial charge in [0.1, 0.15) is 0 Å². The summed E-state index contributed by atoms with van der Waals surface area (Å²) in [5.74, 6) is -3.08. The molecule has 1 rings (SSSR count). The van der Waals surface area contributed by atoms with Crippen molar-refractivity contribution in [1.82, 2.24) is 10.6 Å². The number of benzene rings is 1. The summed E-state index contributed by atoms with van der Waals surface area (Å²) in [6, 6.07) is 6.85. The number of carbonyl (C=O) groups excluding carboxylic acids is 1. The lowest BCUT2D eigenvalue weighted by Crippen LogP contribution is -2.53. The summed E-state index contributed by atoms with van der Waals surface area (Å²) in [5, 5.41) is 32.4. The molecule has 132 valence electrons. The minimum absolute atomic E-state index is 0.000148. The van der Waals surface area contributed by atoms with Crippen LogP contribution in [0.25, 0.3) is 0 Å². The molecule has 0 aromatic heterocycles. The van der Waals surface area contributed by atoms with E-state index in [1.165, 1.54) is 6.92 Å². The van der Waals surface area contributed by atoms with Crippen molar-refractivity contribution < 1.29 is 29.7 Å². The van der Waals surface area contributed by atoms with Gasteiger partial charge in [0.05, 0.1) is 12.1 Å². The van der Waals surface area contributed by atoms with Gasteiger partial charge >= 0.3 is 11.9 Å². The van der Waals surface area contributed by atoms with E-state index in [9.17, 15) is 19.5 Å². The predicted molar refractivity (Wildman–Crippen MR) is 85.2 cm³/mol. The van der Waals surface area contributed by atoms with Crippen molar-refractivity contribution in [2.45, 2.75) is 44.5 Å². The zero-order valence-corrected chi connectivity index (χ0v) is 13.3. The lowest BCUT2D eigenvalue weighted by atomic mass is 10.1. The molecule has 0 aliphatic rings. The highest BCUT2D eigenvalue weighted by Gasteiger charge is 2.28. The zero-order valence-electron chi connectivity index (χ0n) is 13.3. The average molecular weight is 338 g/mol. The quantitative estimate of drug-likeness (QED) is 0.404. The first-order valence-corrected chi connectivity index (χ1v) is 7.51. The summed E-state index contributed by atoms with van der Waals surface area (Å²) in [5.41, 5.74) is 0.899. The number of aliphatic hydroxyl groups is 1. The SMILES string of the molecule is C[C@@H](O)[C@H](NC(=O)[C@H](CCC(=O)O)NCc1ccccc1)C(=O)O. The molecular weight excluding hydrogens is 316 g/mol. The van der Waals surface area contributed by atoms with Crippen LogP contribution in [0.4, 0.5) is 0 Å². The zero-order chi connectivity index (χ0) is 18.1. The molecule has 0 saturated heterocycles. The third-order valence-corrected chi connectivity index (χ3v) is 3.40. The average Bonchev–Trinajstić information content (AvgIpc) is 2.52. The summed E-state index contributed by atoms with van der Waals surface area (Å²) in [7, 11) is 0. The lowest BCUT2D eigenvalue weighted by molar-refractivity contribution is -0.145. The van der Waals surface area contributed by atoms with Gasteiger partial charge in [-0.15, -0.1) is 0 Å². The summed E-state index contributed by atoms with van der Waals surface area (Å²) in [6.07, 6.45) is -1.52. The molecule has 8 nitrogen and oxygen atoms in total. The molecule has 1 amide bonds. The molecule has 1 aromatic rings. The smallest absolute Gasteiger partial charge is 0.328 e. The Hall–Kier alpha value is -2.45. The van der Waals surface area contributed by atoms with Crippen LogP contribution in [0, 0.1) is 0 Å². The van der Waals surface area contributed by atoms with E-state index in [1.807, 2.05) is 30.3 Å². The van der Waals surface area contributed by atoms with Gasteiger partial charge in [-0.05, 0) is 18.9 Å². The summed E-state index contributed by atoms with van der Waals surface area (Å²) in [6.45, 7) is 1.58. The highest BCUT2D eigenvalue weighted by molar-refractivity contribution is 5.87. The van der Waals surface area contributed by atoms with E-state index in [-0.39, 0.29) is 12.8 Å². The second-order valence-electron chi connectivity index (χ2n) is 5.42. The van der Waals surface area contributed by atoms with Crippen molar-refractivity contribution in [1.29, 1.82) is 0 Å². The maximum absolute atomic E-state index is 12.3. The Bertz CT molecular complexity index is 561. The maximum atomic E-state index is 12.3. The molecule has 8 heteroatoms. The first-order valence-electron chi connectivity index (χ1n) is 7.51. The fourth-order valence-corrected chi connectivity index (χ4v) is 2.07. The van der Waals surface area contributed by atoms with Gasteiger partial charge in [0.25, 0.3) is 0 Å². The highest BCUT2D eigenvalue weighted by atomic mass is 16.4. The molecule has 0 saturated carbocycles. The van der Waals surface area contributed by atoms with Gasteiger partial charge in [0.2, 0.25) is 5.91 Å². The van der Waals surface area contributed by atoms with Gasteiger partial charge < -0.3 is 26.0 Å². The van der Waals surface area contributed by atoms with Crippen LogP contribution < -0.4 is 10.6 Å². The number of amides is 1. The molecule has 0 aliphatic carbocycles. The standard InChI is InChI=1S/C16H22N2O6/c1-10(19)14(16(23)24)18-15(22)12(7-8-13(20)21)17-9-11-5-3-2-4-6-11/h2-6,10,12,14,17,19H,7-9H2,1H3,(H,18,22)(H,20,21)(H,23,24)/t10-,12+,14+/m1/s1. The number of hydrogen-bond donors (Lipinski definition) is 5. The monoisotopic (exact) mass is 338 g/mol. The van der Waals surface area contributed by atoms with E-state index >= 15 is 0 Å². The Morgan fingerprint density at radius 2 is 1.75 bits per heavy atom. The van der Waals surface area contributed by atoms with Crippen LogP contribution in [0.1, 0.15) is 25.3 Å². The van der Waals surface area contributed by atoms with Gasteiger partial charge in [-0.1, -0.05) is 30.3 Å². The van der Waals surface area contributed by atoms with E-state index in [0.29, 0.717) is 6.54 Å². The van der Waals surface area contributed by atoms with Crippen LogP contribution in [0.2, 0.25) is 0 Å². The molecule has 0 heterocycles. The Morgan fingerprint density at radius 3 is 2.25 bits per heavy atom. The van der Waals surface area contributed by atoms with E-state index < -0.39 is 36.0 Å². The van der Waals surface area contributed by atoms with Crippen LogP contribution in [0.5, 0.6) is 0 Å². The van der Waals surface area contributed by atoms with Crippen LogP contribution in [-0.2, 0) is 20.9 Å². The number of carboxylic acid groups (broad SMARTS) is 2. The molecule has 0 spiro atoms. The van der Waals surface area contributed by atoms with Crippen molar-refractivity contribution in [3.8, 4) is 0 Å². The number of aliphatic carboxylic acids is 2. The van der Waals surface area contributed by atoms with Crippen molar-refractivity contribution >= 4 is 17.8 Å².